The van der Waals surface area contributed by atoms with Gasteiger partial charge in [-0.1, -0.05) is 24.8 Å². The van der Waals surface area contributed by atoms with Crippen molar-refractivity contribution in [1.82, 2.24) is 30.0 Å². The molecule has 0 atom stereocenters. The van der Waals surface area contributed by atoms with Crippen LogP contribution in [-0.2, 0) is 0 Å². The highest BCUT2D eigenvalue weighted by molar-refractivity contribution is 5.98. The first kappa shape index (κ1) is 28.3. The molecule has 10 heteroatoms. The van der Waals surface area contributed by atoms with E-state index in [-0.39, 0.29) is 11.9 Å². The van der Waals surface area contributed by atoms with E-state index in [0.717, 1.165) is 92.9 Å². The van der Waals surface area contributed by atoms with Crippen LogP contribution in [0.1, 0.15) is 12.6 Å². The summed E-state index contributed by atoms with van der Waals surface area (Å²) >= 11 is 0. The summed E-state index contributed by atoms with van der Waals surface area (Å²) in [6.45, 7) is 9.47. The number of benzene rings is 2. The smallest absolute Gasteiger partial charge is 0.147 e. The van der Waals surface area contributed by atoms with Gasteiger partial charge in [-0.15, -0.1) is 0 Å². The highest BCUT2D eigenvalue weighted by atomic mass is 19.1. The number of likely N-dealkylation sites (N-methyl/N-ethyl adjacent to an activating group) is 1. The summed E-state index contributed by atoms with van der Waals surface area (Å²) < 4.78 is 14.6. The number of aromatic nitrogens is 5. The topological polar surface area (TPSA) is 115 Å². The fourth-order valence-corrected chi connectivity index (χ4v) is 5.24. The minimum Gasteiger partial charge on any atom is -0.384 e. The van der Waals surface area contributed by atoms with Gasteiger partial charge in [0.1, 0.15) is 17.3 Å². The van der Waals surface area contributed by atoms with Crippen LogP contribution in [0.25, 0.3) is 51.6 Å². The molecule has 1 aliphatic heterocycles. The summed E-state index contributed by atoms with van der Waals surface area (Å²) in [5.74, 6) is 0.554. The van der Waals surface area contributed by atoms with Gasteiger partial charge in [0.15, 0.2) is 0 Å². The molecule has 1 saturated heterocycles. The van der Waals surface area contributed by atoms with E-state index in [1.54, 1.807) is 18.5 Å². The van der Waals surface area contributed by atoms with Gasteiger partial charge in [0.2, 0.25) is 0 Å². The van der Waals surface area contributed by atoms with E-state index in [4.69, 9.17) is 10.7 Å². The predicted octanol–water partition coefficient (Wildman–Crippen LogP) is 3.57. The largest absolute Gasteiger partial charge is 0.384 e. The van der Waals surface area contributed by atoms with Crippen molar-refractivity contribution >= 4 is 40.6 Å². The van der Waals surface area contributed by atoms with Gasteiger partial charge in [-0.25, -0.2) is 9.37 Å². The predicted molar refractivity (Wildman–Crippen MR) is 173 cm³/mol. The average Bonchev–Trinajstić information content (AvgIpc) is 3.56. The van der Waals surface area contributed by atoms with Crippen molar-refractivity contribution in [3.05, 3.63) is 83.0 Å². The van der Waals surface area contributed by atoms with Crippen LogP contribution < -0.4 is 26.5 Å². The number of halogens is 1. The molecule has 5 aromatic rings. The maximum atomic E-state index is 14.6. The van der Waals surface area contributed by atoms with E-state index in [9.17, 15) is 4.39 Å². The molecule has 0 radical (unpaired) electrons. The van der Waals surface area contributed by atoms with Crippen molar-refractivity contribution in [3.8, 4) is 22.5 Å². The number of rotatable bonds is 9. The fourth-order valence-electron chi connectivity index (χ4n) is 5.24. The highest BCUT2D eigenvalue weighted by Gasteiger charge is 2.24. The van der Waals surface area contributed by atoms with Crippen LogP contribution in [0.5, 0.6) is 0 Å². The summed E-state index contributed by atoms with van der Waals surface area (Å²) in [6.07, 6.45) is 7.46. The van der Waals surface area contributed by atoms with Gasteiger partial charge in [0.05, 0.1) is 29.1 Å². The van der Waals surface area contributed by atoms with Crippen molar-refractivity contribution < 1.29 is 4.39 Å². The highest BCUT2D eigenvalue weighted by Crippen LogP contribution is 2.33. The Bertz CT molecular complexity index is 1910. The molecular weight excluding hydrogens is 541 g/mol. The van der Waals surface area contributed by atoms with E-state index in [2.05, 4.69) is 41.9 Å². The number of nitrogens with two attached hydrogens (primary N) is 1. The summed E-state index contributed by atoms with van der Waals surface area (Å²) in [5.41, 5.74) is 12.7. The lowest BCUT2D eigenvalue weighted by molar-refractivity contribution is 0.425. The van der Waals surface area contributed by atoms with Gasteiger partial charge < -0.3 is 25.8 Å². The first-order valence-electron chi connectivity index (χ1n) is 14.3. The molecule has 1 fully saturated rings. The average molecular weight is 578 g/mol. The quantitative estimate of drug-likeness (QED) is 0.212. The van der Waals surface area contributed by atoms with Gasteiger partial charge in [0, 0.05) is 54.0 Å². The number of nitrogens with one attached hydrogen (secondary N) is 3. The third-order valence-electron chi connectivity index (χ3n) is 7.67. The molecule has 0 amide bonds. The zero-order chi connectivity index (χ0) is 30.1. The van der Waals surface area contributed by atoms with Crippen molar-refractivity contribution in [2.24, 2.45) is 5.73 Å². The third kappa shape index (κ3) is 6.06. The zero-order valence-corrected chi connectivity index (χ0v) is 24.7. The minimum atomic E-state index is -0.282. The Balaban J connectivity index is 1.28. The van der Waals surface area contributed by atoms with Crippen molar-refractivity contribution in [2.45, 2.75) is 13.0 Å². The second kappa shape index (κ2) is 11.8. The first-order chi connectivity index (χ1) is 20.7. The molecule has 0 saturated carbocycles. The lowest BCUT2D eigenvalue weighted by Crippen LogP contribution is -2.56. The molecular formula is C33H36FN9. The Morgan fingerprint density at radius 2 is 2.05 bits per heavy atom. The minimum absolute atomic E-state index is 0.193. The number of hydrogen-bond acceptors (Lipinski definition) is 7. The summed E-state index contributed by atoms with van der Waals surface area (Å²) in [6, 6.07) is 13.3. The standard InChI is InChI=1S/C33H36FN9/c1-20(31-16-36-17-32(39-31)43-18-24(35)19-43)8-9-28-21(2)33(41-40-28)30-15-27-26(6-5-7-29(27)38-30)22-12-23(34)14-25(13-22)37-10-11-42(3)4/h5-9,12-17,24,37-38,40H,2,10-11,18-19,35H2,1,3-4H3/b20-8+,28-9+. The fraction of sp³-hybridized carbons (Fsp3) is 0.242. The van der Waals surface area contributed by atoms with Crippen LogP contribution in [0.15, 0.2) is 60.9 Å². The van der Waals surface area contributed by atoms with Crippen LogP contribution >= 0.6 is 0 Å². The molecule has 5 N–H and O–H groups in total. The summed E-state index contributed by atoms with van der Waals surface area (Å²) in [7, 11) is 4.03. The second-order valence-electron chi connectivity index (χ2n) is 11.3. The van der Waals surface area contributed by atoms with Crippen molar-refractivity contribution in [2.75, 3.05) is 50.5 Å². The molecule has 220 valence electrons. The third-order valence-corrected chi connectivity index (χ3v) is 7.67. The number of fused-ring (bicyclic) bond motifs is 1. The number of nitrogens with zero attached hydrogens (tertiary/aromatic N) is 5. The normalized spacial score (nSPS) is 14.6. The summed E-state index contributed by atoms with van der Waals surface area (Å²) in [5, 5.41) is 13.6. The Morgan fingerprint density at radius 1 is 1.21 bits per heavy atom. The van der Waals surface area contributed by atoms with E-state index < -0.39 is 0 Å². The van der Waals surface area contributed by atoms with Gasteiger partial charge >= 0.3 is 0 Å². The van der Waals surface area contributed by atoms with Crippen LogP contribution in [-0.4, -0.2) is 76.4 Å². The molecule has 43 heavy (non-hydrogen) atoms. The van der Waals surface area contributed by atoms with E-state index in [0.29, 0.717) is 0 Å². The maximum absolute atomic E-state index is 14.6. The number of anilines is 2. The number of H-pyrrole nitrogens is 2. The Labute approximate surface area is 249 Å². The molecule has 4 heterocycles. The number of aromatic amines is 2. The molecule has 0 spiro atoms. The van der Waals surface area contributed by atoms with Crippen LogP contribution in [0.3, 0.4) is 0 Å². The Morgan fingerprint density at radius 3 is 2.84 bits per heavy atom. The molecule has 0 unspecified atom stereocenters. The Hall–Kier alpha value is -4.80. The van der Waals surface area contributed by atoms with Gasteiger partial charge in [0.25, 0.3) is 0 Å². The van der Waals surface area contributed by atoms with E-state index >= 15 is 0 Å². The lowest BCUT2D eigenvalue weighted by Gasteiger charge is -2.37. The monoisotopic (exact) mass is 577 g/mol. The van der Waals surface area contributed by atoms with E-state index in [1.165, 1.54) is 6.07 Å². The zero-order valence-electron chi connectivity index (χ0n) is 24.7. The first-order valence-corrected chi connectivity index (χ1v) is 14.3. The molecule has 0 bridgehead atoms. The van der Waals surface area contributed by atoms with Crippen molar-refractivity contribution in [1.29, 1.82) is 0 Å². The van der Waals surface area contributed by atoms with E-state index in [1.807, 2.05) is 63.5 Å². The van der Waals surface area contributed by atoms with Crippen LogP contribution in [0, 0.1) is 5.82 Å². The Kier molecular flexibility index (Phi) is 7.79. The molecule has 0 aliphatic carbocycles. The van der Waals surface area contributed by atoms with Crippen molar-refractivity contribution in [3.63, 3.8) is 0 Å². The van der Waals surface area contributed by atoms with Gasteiger partial charge in [-0.2, -0.15) is 5.10 Å². The van der Waals surface area contributed by atoms with Gasteiger partial charge in [-0.05, 0) is 74.1 Å². The second-order valence-corrected chi connectivity index (χ2v) is 11.3. The molecule has 1 aliphatic rings. The molecule has 3 aromatic heterocycles. The van der Waals surface area contributed by atoms with Crippen LogP contribution in [0.2, 0.25) is 0 Å². The number of allylic oxidation sites excluding steroid dienone is 2. The van der Waals surface area contributed by atoms with Crippen LogP contribution in [0.4, 0.5) is 15.9 Å². The maximum Gasteiger partial charge on any atom is 0.147 e. The lowest BCUT2D eigenvalue weighted by atomic mass is 10.0. The molecule has 2 aromatic carbocycles. The summed E-state index contributed by atoms with van der Waals surface area (Å²) in [4.78, 5) is 16.8. The molecule has 6 rings (SSSR count). The number of hydrogen-bond donors (Lipinski definition) is 4. The SMILES string of the molecule is C=c1c(-c2cc3c(-c4cc(F)cc(NCCN(C)C)c4)cccc3[nH]2)n[nH]/c1=C/C=C(\C)c1cncc(N2CC(N)C2)n1. The van der Waals surface area contributed by atoms with Gasteiger partial charge in [-0.3, -0.25) is 10.1 Å². The molecule has 9 nitrogen and oxygen atoms in total.